The number of aliphatic hydroxyl groups excluding tert-OH is 2. The van der Waals surface area contributed by atoms with Crippen molar-refractivity contribution in [2.45, 2.75) is 173 Å². The zero-order valence-corrected chi connectivity index (χ0v) is 47.7. The summed E-state index contributed by atoms with van der Waals surface area (Å²) in [5, 5.41) is 26.6. The fourth-order valence-corrected chi connectivity index (χ4v) is 15.1. The molecule has 6 unspecified atom stereocenters. The summed E-state index contributed by atoms with van der Waals surface area (Å²) in [6, 6.07) is 14.4. The van der Waals surface area contributed by atoms with Crippen molar-refractivity contribution in [3.63, 3.8) is 0 Å². The van der Waals surface area contributed by atoms with E-state index < -0.39 is 67.8 Å². The van der Waals surface area contributed by atoms with Crippen LogP contribution in [0, 0.1) is 40.4 Å². The van der Waals surface area contributed by atoms with Crippen LogP contribution in [0.2, 0.25) is 0 Å². The summed E-state index contributed by atoms with van der Waals surface area (Å²) >= 11 is 0. The number of ether oxygens (including phenoxy) is 4. The van der Waals surface area contributed by atoms with Crippen LogP contribution in [0.1, 0.15) is 146 Å². The molecule has 5 aliphatic carbocycles. The second kappa shape index (κ2) is 27.0. The molecule has 1 saturated heterocycles. The Balaban J connectivity index is 0.783. The lowest BCUT2D eigenvalue weighted by molar-refractivity contribution is -0.903. The number of allylic oxidation sites excluding steroid dienone is 4. The van der Waals surface area contributed by atoms with Crippen LogP contribution in [0.25, 0.3) is 0 Å². The van der Waals surface area contributed by atoms with Crippen molar-refractivity contribution in [2.75, 3.05) is 53.6 Å². The summed E-state index contributed by atoms with van der Waals surface area (Å²) < 4.78 is 42.9. The number of benzene rings is 2. The Bertz CT molecular complexity index is 2440. The third-order valence-corrected chi connectivity index (χ3v) is 19.0. The average Bonchev–Trinajstić information content (AvgIpc) is 4.15. The molecule has 0 amide bonds. The number of hydrogen-bond donors (Lipinski definition) is 6. The summed E-state index contributed by atoms with van der Waals surface area (Å²) in [6.07, 6.45) is 18.6. The Morgan fingerprint density at radius 1 is 0.910 bits per heavy atom. The Labute approximate surface area is 463 Å². The number of aryl methyl sites for hydroxylation is 1. The van der Waals surface area contributed by atoms with E-state index in [1.807, 2.05) is 26.2 Å². The van der Waals surface area contributed by atoms with Gasteiger partial charge in [0.1, 0.15) is 24.9 Å². The summed E-state index contributed by atoms with van der Waals surface area (Å²) in [5.41, 5.74) is 8.81. The largest absolute Gasteiger partial charge is 0.524 e. The zero-order valence-electron chi connectivity index (χ0n) is 46.8. The predicted molar refractivity (Wildman–Crippen MR) is 296 cm³/mol. The van der Waals surface area contributed by atoms with Crippen molar-refractivity contribution in [3.8, 4) is 5.75 Å². The maximum atomic E-state index is 14.6. The van der Waals surface area contributed by atoms with Crippen molar-refractivity contribution in [1.82, 2.24) is 5.32 Å². The van der Waals surface area contributed by atoms with E-state index >= 15 is 0 Å². The van der Waals surface area contributed by atoms with Crippen molar-refractivity contribution < 1.29 is 66.9 Å². The maximum Gasteiger partial charge on any atom is 0.524 e. The lowest BCUT2D eigenvalue weighted by atomic mass is 9.46. The lowest BCUT2D eigenvalue weighted by Crippen LogP contribution is -2.58. The van der Waals surface area contributed by atoms with E-state index in [0.717, 1.165) is 109 Å². The molecule has 4 saturated carbocycles. The second-order valence-corrected chi connectivity index (χ2v) is 26.0. The molecular formula is C61H91N3O13P+. The number of carbonyl (C=O) groups excluding carboxylic acids is 3. The zero-order chi connectivity index (χ0) is 55.7. The van der Waals surface area contributed by atoms with Gasteiger partial charge in [-0.2, -0.15) is 0 Å². The van der Waals surface area contributed by atoms with Gasteiger partial charge < -0.3 is 49.2 Å². The summed E-state index contributed by atoms with van der Waals surface area (Å²) in [4.78, 5) is 60.1. The highest BCUT2D eigenvalue weighted by Gasteiger charge is 2.71. The van der Waals surface area contributed by atoms with Gasteiger partial charge >= 0.3 is 13.8 Å². The first-order chi connectivity index (χ1) is 37.3. The molecule has 6 aliphatic rings. The fraction of sp³-hybridized carbons (Fsp3) is 0.689. The molecule has 7 N–H and O–H groups in total. The van der Waals surface area contributed by atoms with Gasteiger partial charge in [0.2, 0.25) is 0 Å². The Hall–Kier alpha value is -3.64. The second-order valence-electron chi connectivity index (χ2n) is 24.8. The summed E-state index contributed by atoms with van der Waals surface area (Å²) in [6.45, 7) is 7.34. The molecule has 78 heavy (non-hydrogen) atoms. The number of nitrogens with one attached hydrogen (secondary N) is 1. The van der Waals surface area contributed by atoms with Gasteiger partial charge in [-0.15, -0.1) is 0 Å². The smallest absolute Gasteiger partial charge is 0.457 e. The highest BCUT2D eigenvalue weighted by atomic mass is 31.2. The van der Waals surface area contributed by atoms with Crippen LogP contribution < -0.4 is 15.6 Å². The number of nitrogens with two attached hydrogens (primary N) is 1. The Morgan fingerprint density at radius 3 is 2.40 bits per heavy atom. The lowest BCUT2D eigenvalue weighted by Gasteiger charge is -2.59. The topological polar surface area (TPSA) is 233 Å². The molecule has 17 heteroatoms. The van der Waals surface area contributed by atoms with E-state index in [4.69, 9.17) is 29.2 Å². The number of quaternary nitrogens is 1. The molecular weight excluding hydrogens is 1010 g/mol. The standard InChI is InChI=1S/C61H90N3O13P/c1-60-30-29-46(65)36-45(60)26-27-47-53(60)49(66)37-61(2)54(47)56-57(76-59(75-56)42-22-11-8-12-23-42)55(61)51(68)40-74-58(69)48(62)24-13-16-32-64(3,4)39-44-35-43(25-28-52(44)77-78(70,71)72)50(67)38-63-31-15-5-6-17-33-73-34-18-14-21-41-19-9-7-10-20-41/h7,9-10,19-20,25,28-30,35-36,42,47-50,53-57,59,63,66-67H,5-6,8,11-18,21-24,26-27,31-34,37-40,62H2,1-4H3,(H-,70,71,72)/p+1/t47?,48?,49-,50?,53?,54?,55-,56?,57+,59+,60-,61-/m0/s1. The number of phosphoric acid groups is 1. The van der Waals surface area contributed by atoms with Gasteiger partial charge in [0.05, 0.1) is 51.0 Å². The molecule has 432 valence electrons. The fourth-order valence-electron chi connectivity index (χ4n) is 14.7. The molecule has 1 aliphatic heterocycles. The number of unbranched alkanes of at least 4 members (excludes halogenated alkanes) is 5. The molecule has 5 fully saturated rings. The Morgan fingerprint density at radius 2 is 1.64 bits per heavy atom. The van der Waals surface area contributed by atoms with E-state index in [9.17, 15) is 38.9 Å². The first kappa shape index (κ1) is 60.5. The highest BCUT2D eigenvalue weighted by molar-refractivity contribution is 7.46. The highest BCUT2D eigenvalue weighted by Crippen LogP contribution is 2.68. The minimum atomic E-state index is -4.88. The van der Waals surface area contributed by atoms with Gasteiger partial charge in [0, 0.05) is 42.6 Å². The number of phosphoric ester groups is 1. The van der Waals surface area contributed by atoms with Crippen LogP contribution in [0.4, 0.5) is 0 Å². The molecule has 0 aromatic heterocycles. The summed E-state index contributed by atoms with van der Waals surface area (Å²) in [7, 11) is -0.900. The molecule has 0 bridgehead atoms. The van der Waals surface area contributed by atoms with E-state index in [-0.39, 0.29) is 47.1 Å². The van der Waals surface area contributed by atoms with Gasteiger partial charge in [0.25, 0.3) is 0 Å². The van der Waals surface area contributed by atoms with Crippen LogP contribution in [0.3, 0.4) is 0 Å². The maximum absolute atomic E-state index is 14.6. The van der Waals surface area contributed by atoms with Gasteiger partial charge in [-0.3, -0.25) is 24.2 Å². The molecule has 16 nitrogen and oxygen atoms in total. The van der Waals surface area contributed by atoms with Gasteiger partial charge in [-0.1, -0.05) is 94.0 Å². The van der Waals surface area contributed by atoms with Crippen molar-refractivity contribution in [1.29, 1.82) is 0 Å². The number of nitrogens with zero attached hydrogens (tertiary/aromatic N) is 1. The third-order valence-electron chi connectivity index (χ3n) is 18.5. The monoisotopic (exact) mass is 1100 g/mol. The van der Waals surface area contributed by atoms with Crippen LogP contribution in [0.15, 0.2) is 72.3 Å². The van der Waals surface area contributed by atoms with Gasteiger partial charge in [-0.25, -0.2) is 4.57 Å². The number of ketones is 2. The number of Topliss-reactive ketones (excluding diaryl/α,β-unsaturated/α-hetero) is 1. The van der Waals surface area contributed by atoms with Crippen molar-refractivity contribution >= 4 is 25.4 Å². The van der Waals surface area contributed by atoms with E-state index in [1.165, 1.54) is 18.1 Å². The summed E-state index contributed by atoms with van der Waals surface area (Å²) in [5.74, 6) is -1.53. The van der Waals surface area contributed by atoms with E-state index in [0.29, 0.717) is 60.9 Å². The number of fused-ring (bicyclic) bond motifs is 7. The molecule has 2 aromatic carbocycles. The predicted octanol–water partition coefficient (Wildman–Crippen LogP) is 8.37. The van der Waals surface area contributed by atoms with Crippen molar-refractivity contribution in [2.24, 2.45) is 46.2 Å². The molecule has 0 radical (unpaired) electrons. The molecule has 8 rings (SSSR count). The SMILES string of the molecule is C[C@]12C=CC(=O)C=C1CCC1C2[C@@H](O)C[C@@]2(C)C1C1O[C@@H](C3CCCCC3)O[C@@H]1[C@@H]2C(=O)COC(=O)C(N)CCCC[N+](C)(C)Cc1cc(C(O)CNCCCCCCOCCCCc2ccccc2)ccc1OP(=O)(O)O. The van der Waals surface area contributed by atoms with Crippen LogP contribution in [-0.2, 0) is 50.9 Å². The normalized spacial score (nSPS) is 29.7. The third kappa shape index (κ3) is 15.1. The molecule has 1 heterocycles. The van der Waals surface area contributed by atoms with E-state index in [2.05, 4.69) is 43.4 Å². The number of aliphatic hydroxyl groups is 2. The average molecular weight is 1110 g/mol. The molecule has 0 spiro atoms. The minimum absolute atomic E-state index is 0.0198. The molecule has 12 atom stereocenters. The first-order valence-corrected chi connectivity index (χ1v) is 30.9. The van der Waals surface area contributed by atoms with Gasteiger partial charge in [-0.05, 0) is 143 Å². The van der Waals surface area contributed by atoms with Gasteiger partial charge in [0.15, 0.2) is 17.9 Å². The van der Waals surface area contributed by atoms with Crippen LogP contribution in [0.5, 0.6) is 5.75 Å². The number of carbonyl (C=O) groups is 3. The van der Waals surface area contributed by atoms with E-state index in [1.54, 1.807) is 24.3 Å². The van der Waals surface area contributed by atoms with Crippen LogP contribution >= 0.6 is 7.82 Å². The quantitative estimate of drug-likeness (QED) is 0.0194. The van der Waals surface area contributed by atoms with Crippen LogP contribution in [-0.4, -0.2) is 126 Å². The first-order valence-electron chi connectivity index (χ1n) is 29.3. The minimum Gasteiger partial charge on any atom is -0.457 e. The number of hydrogen-bond acceptors (Lipinski definition) is 13. The molecule has 2 aromatic rings. The number of rotatable bonds is 29. The van der Waals surface area contributed by atoms with Crippen molar-refractivity contribution in [3.05, 3.63) is 89.0 Å². The Kier molecular flexibility index (Phi) is 20.9. The number of esters is 1.